The summed E-state index contributed by atoms with van der Waals surface area (Å²) in [7, 11) is -2.01. The largest absolute Gasteiger partial charge is 0.543 e. The molecule has 0 bridgehead atoms. The van der Waals surface area contributed by atoms with Gasteiger partial charge >= 0.3 is 0 Å². The zero-order valence-electron chi connectivity index (χ0n) is 28.7. The molecule has 9 nitrogen and oxygen atoms in total. The fourth-order valence-corrected chi connectivity index (χ4v) is 6.31. The molecule has 2 aromatic carbocycles. The van der Waals surface area contributed by atoms with Crippen LogP contribution in [0.4, 0.5) is 0 Å². The monoisotopic (exact) mass is 648 g/mol. The molecule has 10 heteroatoms. The van der Waals surface area contributed by atoms with Crippen molar-refractivity contribution < 1.29 is 23.4 Å². The van der Waals surface area contributed by atoms with Gasteiger partial charge in [-0.3, -0.25) is 4.68 Å². The number of hydrogen-bond donors (Lipinski definition) is 0. The normalized spacial score (nSPS) is 17.3. The van der Waals surface area contributed by atoms with E-state index >= 15 is 0 Å². The van der Waals surface area contributed by atoms with Crippen LogP contribution < -0.4 is 4.43 Å². The van der Waals surface area contributed by atoms with Crippen molar-refractivity contribution in [2.45, 2.75) is 97.0 Å². The second-order valence-electron chi connectivity index (χ2n) is 14.0. The molecule has 0 N–H and O–H groups in total. The van der Waals surface area contributed by atoms with Crippen LogP contribution in [0.5, 0.6) is 5.75 Å². The van der Waals surface area contributed by atoms with E-state index in [0.717, 1.165) is 59.3 Å². The minimum atomic E-state index is -2.01. The van der Waals surface area contributed by atoms with Crippen molar-refractivity contribution in [3.8, 4) is 17.0 Å². The van der Waals surface area contributed by atoms with Gasteiger partial charge in [0.2, 0.25) is 8.32 Å². The Morgan fingerprint density at radius 3 is 2.54 bits per heavy atom. The van der Waals surface area contributed by atoms with E-state index in [9.17, 15) is 0 Å². The van der Waals surface area contributed by atoms with E-state index in [1.807, 2.05) is 36.0 Å². The Morgan fingerprint density at radius 2 is 1.80 bits per heavy atom. The highest BCUT2D eigenvalue weighted by molar-refractivity contribution is 6.74. The summed E-state index contributed by atoms with van der Waals surface area (Å²) < 4.78 is 34.5. The number of nitrogens with zero attached hydrogens (tertiary/aromatic N) is 4. The maximum absolute atomic E-state index is 6.70. The van der Waals surface area contributed by atoms with Gasteiger partial charge < -0.3 is 23.4 Å². The first kappa shape index (κ1) is 34.3. The third kappa shape index (κ3) is 8.66. The fraction of sp³-hybridized carbons (Fsp3) is 0.556. The molecular formula is C36H52N4O5Si. The Bertz CT molecular complexity index is 1520. The Labute approximate surface area is 275 Å². The van der Waals surface area contributed by atoms with E-state index in [2.05, 4.69) is 82.0 Å². The quantitative estimate of drug-likeness (QED) is 0.0950. The van der Waals surface area contributed by atoms with Gasteiger partial charge in [-0.1, -0.05) is 51.1 Å². The summed E-state index contributed by atoms with van der Waals surface area (Å²) >= 11 is 0. The van der Waals surface area contributed by atoms with Gasteiger partial charge in [0.15, 0.2) is 6.23 Å². The molecular weight excluding hydrogens is 597 g/mol. The van der Waals surface area contributed by atoms with Crippen molar-refractivity contribution in [2.75, 3.05) is 33.0 Å². The van der Waals surface area contributed by atoms with Crippen LogP contribution in [0.15, 0.2) is 60.9 Å². The molecule has 0 radical (unpaired) electrons. The molecule has 1 unspecified atom stereocenters. The third-order valence-electron chi connectivity index (χ3n) is 9.07. The molecule has 4 aromatic rings. The molecule has 5 rings (SSSR count). The second kappa shape index (κ2) is 15.3. The molecule has 0 amide bonds. The Morgan fingerprint density at radius 1 is 1.00 bits per heavy atom. The minimum absolute atomic E-state index is 0.000145. The molecule has 0 saturated carbocycles. The highest BCUT2D eigenvalue weighted by Crippen LogP contribution is 2.40. The SMILES string of the molecule is C[C@H](COCCO[C@@H](C)COCc1ccccc1)n1cc(-c2nn(C3CCCCO3)c3ccc(O[Si](C)(C)C(C)(C)C)cc23)cn1. The molecule has 46 heavy (non-hydrogen) atoms. The van der Waals surface area contributed by atoms with Crippen molar-refractivity contribution >= 4 is 19.2 Å². The summed E-state index contributed by atoms with van der Waals surface area (Å²) in [6.07, 6.45) is 7.07. The standard InChI is InChI=1S/C36H52N4O5Si/c1-27(24-41-19-20-43-28(2)25-42-26-29-13-9-8-10-14-29)39-23-30(22-37-39)35-32-21-31(45-46(6,7)36(3,4)5)16-17-33(32)40(38-35)34-15-11-12-18-44-34/h8-10,13-14,16-17,21-23,27-28,34H,11-12,15,18-20,24-26H2,1-7H3/t27-,28+,34?/m1/s1. The van der Waals surface area contributed by atoms with E-state index in [1.165, 1.54) is 0 Å². The molecule has 2 aromatic heterocycles. The Kier molecular flexibility index (Phi) is 11.4. The van der Waals surface area contributed by atoms with Crippen molar-refractivity contribution in [3.05, 3.63) is 66.5 Å². The van der Waals surface area contributed by atoms with Gasteiger partial charge in [0, 0.05) is 23.8 Å². The van der Waals surface area contributed by atoms with Crippen molar-refractivity contribution in [1.29, 1.82) is 0 Å². The van der Waals surface area contributed by atoms with Crippen LogP contribution in [0.1, 0.15) is 71.7 Å². The van der Waals surface area contributed by atoms with Crippen molar-refractivity contribution in [3.63, 3.8) is 0 Å². The van der Waals surface area contributed by atoms with Crippen LogP contribution in [0.25, 0.3) is 22.2 Å². The summed E-state index contributed by atoms with van der Waals surface area (Å²) in [5.74, 6) is 0.887. The van der Waals surface area contributed by atoms with Gasteiger partial charge in [0.1, 0.15) is 11.4 Å². The van der Waals surface area contributed by atoms with Crippen LogP contribution >= 0.6 is 0 Å². The highest BCUT2D eigenvalue weighted by atomic mass is 28.4. The van der Waals surface area contributed by atoms with Crippen molar-refractivity contribution in [2.24, 2.45) is 0 Å². The number of benzene rings is 2. The first-order chi connectivity index (χ1) is 22.0. The second-order valence-corrected chi connectivity index (χ2v) is 18.7. The van der Waals surface area contributed by atoms with Crippen LogP contribution in [-0.2, 0) is 25.6 Å². The number of hydrogen-bond acceptors (Lipinski definition) is 7. The first-order valence-electron chi connectivity index (χ1n) is 16.7. The Hall–Kier alpha value is -3.02. The molecule has 1 aliphatic rings. The maximum atomic E-state index is 6.70. The zero-order chi connectivity index (χ0) is 32.7. The molecule has 0 aliphatic carbocycles. The smallest absolute Gasteiger partial charge is 0.250 e. The predicted octanol–water partition coefficient (Wildman–Crippen LogP) is 8.18. The number of ether oxygens (including phenoxy) is 4. The number of aromatic nitrogens is 4. The highest BCUT2D eigenvalue weighted by Gasteiger charge is 2.39. The van der Waals surface area contributed by atoms with Crippen LogP contribution in [0.3, 0.4) is 0 Å². The molecule has 3 atom stereocenters. The van der Waals surface area contributed by atoms with Gasteiger partial charge in [0.25, 0.3) is 0 Å². The molecule has 1 fully saturated rings. The molecule has 0 spiro atoms. The maximum Gasteiger partial charge on any atom is 0.250 e. The van der Waals surface area contributed by atoms with Crippen LogP contribution in [-0.4, -0.2) is 67.0 Å². The lowest BCUT2D eigenvalue weighted by Crippen LogP contribution is -2.43. The van der Waals surface area contributed by atoms with Gasteiger partial charge in [0.05, 0.1) is 56.9 Å². The Balaban J connectivity index is 1.20. The topological polar surface area (TPSA) is 81.8 Å². The predicted molar refractivity (Wildman–Crippen MR) is 185 cm³/mol. The lowest BCUT2D eigenvalue weighted by atomic mass is 10.1. The summed E-state index contributed by atoms with van der Waals surface area (Å²) in [5, 5.41) is 11.0. The van der Waals surface area contributed by atoms with Gasteiger partial charge in [-0.2, -0.15) is 10.2 Å². The van der Waals surface area contributed by atoms with Gasteiger partial charge in [-0.05, 0) is 75.0 Å². The molecule has 3 heterocycles. The summed E-state index contributed by atoms with van der Waals surface area (Å²) in [5.41, 5.74) is 4.06. The third-order valence-corrected chi connectivity index (χ3v) is 13.4. The average molecular weight is 649 g/mol. The van der Waals surface area contributed by atoms with E-state index in [4.69, 9.17) is 33.6 Å². The lowest BCUT2D eigenvalue weighted by Gasteiger charge is -2.36. The minimum Gasteiger partial charge on any atom is -0.543 e. The molecule has 1 aliphatic heterocycles. The number of rotatable bonds is 15. The fourth-order valence-electron chi connectivity index (χ4n) is 5.29. The van der Waals surface area contributed by atoms with E-state index in [-0.39, 0.29) is 23.4 Å². The van der Waals surface area contributed by atoms with E-state index in [1.54, 1.807) is 0 Å². The lowest BCUT2D eigenvalue weighted by molar-refractivity contribution is -0.0365. The number of fused-ring (bicyclic) bond motifs is 1. The molecule has 250 valence electrons. The van der Waals surface area contributed by atoms with E-state index in [0.29, 0.717) is 33.0 Å². The van der Waals surface area contributed by atoms with Gasteiger partial charge in [-0.25, -0.2) is 4.68 Å². The molecule has 1 saturated heterocycles. The van der Waals surface area contributed by atoms with E-state index < -0.39 is 8.32 Å². The first-order valence-corrected chi connectivity index (χ1v) is 19.6. The average Bonchev–Trinajstić information content (AvgIpc) is 3.66. The zero-order valence-corrected chi connectivity index (χ0v) is 29.7. The van der Waals surface area contributed by atoms with Crippen LogP contribution in [0, 0.1) is 0 Å². The summed E-state index contributed by atoms with van der Waals surface area (Å²) in [6, 6.07) is 16.6. The summed E-state index contributed by atoms with van der Waals surface area (Å²) in [6.45, 7) is 18.9. The van der Waals surface area contributed by atoms with Crippen molar-refractivity contribution in [1.82, 2.24) is 19.6 Å². The van der Waals surface area contributed by atoms with Crippen LogP contribution in [0.2, 0.25) is 18.1 Å². The van der Waals surface area contributed by atoms with Gasteiger partial charge in [-0.15, -0.1) is 0 Å². The summed E-state index contributed by atoms with van der Waals surface area (Å²) in [4.78, 5) is 0.